The van der Waals surface area contributed by atoms with Gasteiger partial charge in [0, 0.05) is 68.1 Å². The third-order valence-electron chi connectivity index (χ3n) is 8.98. The number of ether oxygens (including phenoxy) is 1. The minimum atomic E-state index is -0.327. The van der Waals surface area contributed by atoms with E-state index in [0.717, 1.165) is 92.5 Å². The Labute approximate surface area is 235 Å². The largest absolute Gasteiger partial charge is 0.490 e. The molecular formula is C31H37N7O2. The molecule has 1 saturated carbocycles. The molecule has 9 heteroatoms. The fraction of sp³-hybridized carbons (Fsp3) is 0.484. The summed E-state index contributed by atoms with van der Waals surface area (Å²) in [6.07, 6.45) is 11.4. The summed E-state index contributed by atoms with van der Waals surface area (Å²) in [5, 5.41) is 6.73. The Morgan fingerprint density at radius 3 is 2.62 bits per heavy atom. The topological polar surface area (TPSA) is 95.5 Å². The molecule has 6 aliphatic heterocycles. The zero-order valence-corrected chi connectivity index (χ0v) is 23.1. The average molecular weight is 540 g/mol. The Bertz CT molecular complexity index is 1370. The number of benzene rings is 1. The Morgan fingerprint density at radius 1 is 1.00 bits per heavy atom. The van der Waals surface area contributed by atoms with Crippen LogP contribution in [0.2, 0.25) is 0 Å². The summed E-state index contributed by atoms with van der Waals surface area (Å²) in [5.74, 6) is 3.11. The monoisotopic (exact) mass is 539 g/mol. The maximum Gasteiger partial charge on any atom is 0.240 e. The van der Waals surface area contributed by atoms with E-state index < -0.39 is 0 Å². The number of nitrogens with zero attached hydrogens (tertiary/aromatic N) is 5. The van der Waals surface area contributed by atoms with Crippen LogP contribution in [0, 0.1) is 5.92 Å². The molecule has 10 rings (SSSR count). The summed E-state index contributed by atoms with van der Waals surface area (Å²) in [5.41, 5.74) is 2.55. The molecular weight excluding hydrogens is 502 g/mol. The first-order chi connectivity index (χ1) is 19.6. The molecule has 0 radical (unpaired) electrons. The second kappa shape index (κ2) is 10.4. The second-order valence-electron chi connectivity index (χ2n) is 11.9. The minimum Gasteiger partial charge on any atom is -0.490 e. The molecule has 1 spiro atoms. The molecule has 3 fully saturated rings. The highest BCUT2D eigenvalue weighted by Gasteiger charge is 2.54. The molecule has 40 heavy (non-hydrogen) atoms. The quantitative estimate of drug-likeness (QED) is 0.434. The van der Waals surface area contributed by atoms with Crippen molar-refractivity contribution < 1.29 is 9.53 Å². The summed E-state index contributed by atoms with van der Waals surface area (Å²) < 4.78 is 6.39. The van der Waals surface area contributed by atoms with Crippen molar-refractivity contribution in [2.75, 3.05) is 36.4 Å². The molecule has 1 aromatic carbocycles. The molecule has 8 heterocycles. The first-order valence-electron chi connectivity index (χ1n) is 14.7. The van der Waals surface area contributed by atoms with E-state index in [-0.39, 0.29) is 17.6 Å². The van der Waals surface area contributed by atoms with Crippen LogP contribution in [-0.4, -0.2) is 69.6 Å². The Morgan fingerprint density at radius 2 is 1.82 bits per heavy atom. The van der Waals surface area contributed by atoms with Gasteiger partial charge in [0.15, 0.2) is 0 Å². The summed E-state index contributed by atoms with van der Waals surface area (Å²) in [6, 6.07) is 12.4. The number of hydrogen-bond donors (Lipinski definition) is 2. The van der Waals surface area contributed by atoms with E-state index in [2.05, 4.69) is 32.3 Å². The van der Waals surface area contributed by atoms with Crippen LogP contribution >= 0.6 is 0 Å². The van der Waals surface area contributed by atoms with Gasteiger partial charge in [-0.3, -0.25) is 9.69 Å². The molecule has 2 N–H and O–H groups in total. The zero-order valence-electron chi connectivity index (χ0n) is 23.1. The van der Waals surface area contributed by atoms with E-state index >= 15 is 0 Å². The first kappa shape index (κ1) is 25.3. The fourth-order valence-electron chi connectivity index (χ4n) is 6.68. The zero-order chi connectivity index (χ0) is 27.1. The van der Waals surface area contributed by atoms with Crippen LogP contribution in [0.3, 0.4) is 0 Å². The van der Waals surface area contributed by atoms with E-state index in [9.17, 15) is 4.79 Å². The number of carbonyl (C=O) groups excluding carboxylic acids is 1. The maximum atomic E-state index is 13.4. The lowest BCUT2D eigenvalue weighted by Gasteiger charge is -2.37. The number of piperidine rings is 1. The summed E-state index contributed by atoms with van der Waals surface area (Å²) in [4.78, 5) is 32.2. The molecule has 2 aromatic heterocycles. The standard InChI is InChI=1S/C31H37N7O2/c1-21-15-25-6-12-33-29(39)31(9-10-31)37-13-7-26(8-14-37)40-27-4-2-3-24(17-27)36-28-16-22(5-11-32-28)23-18-34-30(35-19-23)38(25)20-21/h2-5,11,16-19,21,25-26H,6-10,12-15,20H2,1H3,(H,32,36)(H,33,39). The van der Waals surface area contributed by atoms with Crippen molar-refractivity contribution in [3.8, 4) is 16.9 Å². The van der Waals surface area contributed by atoms with Crippen LogP contribution in [-0.2, 0) is 4.79 Å². The number of carbonyl (C=O) groups is 1. The summed E-state index contributed by atoms with van der Waals surface area (Å²) in [7, 11) is 0. The second-order valence-corrected chi connectivity index (χ2v) is 11.9. The van der Waals surface area contributed by atoms with Gasteiger partial charge in [-0.2, -0.15) is 0 Å². The van der Waals surface area contributed by atoms with Crippen molar-refractivity contribution in [3.63, 3.8) is 0 Å². The van der Waals surface area contributed by atoms with Crippen molar-refractivity contribution in [3.05, 3.63) is 55.0 Å². The number of amides is 1. The van der Waals surface area contributed by atoms with E-state index in [1.165, 1.54) is 0 Å². The normalized spacial score (nSPS) is 27.4. The number of rotatable bonds is 0. The van der Waals surface area contributed by atoms with Gasteiger partial charge in [-0.15, -0.1) is 0 Å². The lowest BCUT2D eigenvalue weighted by atomic mass is 10.0. The molecule has 9 nitrogen and oxygen atoms in total. The van der Waals surface area contributed by atoms with Crippen LogP contribution in [0.1, 0.15) is 45.4 Å². The summed E-state index contributed by atoms with van der Waals surface area (Å²) >= 11 is 0. The van der Waals surface area contributed by atoms with Crippen molar-refractivity contribution in [1.82, 2.24) is 25.2 Å². The molecule has 208 valence electrons. The highest BCUT2D eigenvalue weighted by atomic mass is 16.5. The molecule has 2 unspecified atom stereocenters. The number of aromatic nitrogens is 3. The van der Waals surface area contributed by atoms with E-state index in [4.69, 9.17) is 14.7 Å². The third kappa shape index (κ3) is 4.98. The van der Waals surface area contributed by atoms with Gasteiger partial charge in [0.2, 0.25) is 11.9 Å². The van der Waals surface area contributed by atoms with Crippen molar-refractivity contribution in [2.24, 2.45) is 5.92 Å². The van der Waals surface area contributed by atoms with Crippen LogP contribution in [0.15, 0.2) is 55.0 Å². The highest BCUT2D eigenvalue weighted by molar-refractivity contribution is 5.89. The highest BCUT2D eigenvalue weighted by Crippen LogP contribution is 2.43. The molecule has 7 aliphatic rings. The van der Waals surface area contributed by atoms with Gasteiger partial charge >= 0.3 is 0 Å². The number of pyridine rings is 1. The first-order valence-corrected chi connectivity index (χ1v) is 14.7. The fourth-order valence-corrected chi connectivity index (χ4v) is 6.68. The van der Waals surface area contributed by atoms with Crippen molar-refractivity contribution in [1.29, 1.82) is 0 Å². The molecule has 1 amide bonds. The van der Waals surface area contributed by atoms with Crippen LogP contribution in [0.5, 0.6) is 5.75 Å². The predicted octanol–water partition coefficient (Wildman–Crippen LogP) is 4.39. The number of anilines is 3. The lowest BCUT2D eigenvalue weighted by Crippen LogP contribution is -2.53. The van der Waals surface area contributed by atoms with Gasteiger partial charge in [-0.1, -0.05) is 13.0 Å². The van der Waals surface area contributed by atoms with Gasteiger partial charge in [0.05, 0.1) is 0 Å². The Balaban J connectivity index is 1.17. The predicted molar refractivity (Wildman–Crippen MR) is 155 cm³/mol. The smallest absolute Gasteiger partial charge is 0.240 e. The van der Waals surface area contributed by atoms with Gasteiger partial charge in [0.1, 0.15) is 23.2 Å². The lowest BCUT2D eigenvalue weighted by molar-refractivity contribution is -0.129. The molecule has 3 aromatic rings. The molecule has 1 aliphatic carbocycles. The average Bonchev–Trinajstić information content (AvgIpc) is 3.70. The van der Waals surface area contributed by atoms with Crippen molar-refractivity contribution in [2.45, 2.75) is 63.1 Å². The SMILES string of the molecule is CC1CC2CCNC(=O)C3(CC3)N3CCC(CC3)Oc3cccc(c3)Nc3cc(ccn3)-c3cnc(nc3)N2C1. The Hall–Kier alpha value is -3.72. The minimum absolute atomic E-state index is 0.145. The van der Waals surface area contributed by atoms with Gasteiger partial charge in [0.25, 0.3) is 0 Å². The number of nitrogens with one attached hydrogen (secondary N) is 2. The molecule has 2 atom stereocenters. The number of hydrogen-bond acceptors (Lipinski definition) is 8. The van der Waals surface area contributed by atoms with Gasteiger partial charge in [-0.25, -0.2) is 15.0 Å². The van der Waals surface area contributed by atoms with Crippen molar-refractivity contribution >= 4 is 23.4 Å². The molecule has 2 saturated heterocycles. The van der Waals surface area contributed by atoms with Gasteiger partial charge < -0.3 is 20.3 Å². The van der Waals surface area contributed by atoms with Crippen LogP contribution < -0.4 is 20.3 Å². The summed E-state index contributed by atoms with van der Waals surface area (Å²) in [6.45, 7) is 5.65. The maximum absolute atomic E-state index is 13.4. The molecule has 8 bridgehead atoms. The van der Waals surface area contributed by atoms with Gasteiger partial charge in [-0.05, 0) is 74.3 Å². The van der Waals surface area contributed by atoms with E-state index in [0.29, 0.717) is 18.5 Å². The van der Waals surface area contributed by atoms with Crippen LogP contribution in [0.4, 0.5) is 17.5 Å². The van der Waals surface area contributed by atoms with Crippen LogP contribution in [0.25, 0.3) is 11.1 Å². The third-order valence-corrected chi connectivity index (χ3v) is 8.98. The van der Waals surface area contributed by atoms with E-state index in [1.54, 1.807) is 6.20 Å². The van der Waals surface area contributed by atoms with E-state index in [1.807, 2.05) is 48.8 Å². The Kier molecular flexibility index (Phi) is 6.54.